The van der Waals surface area contributed by atoms with Crippen LogP contribution in [0.5, 0.6) is 0 Å². The maximum absolute atomic E-state index is 11.5. The molecule has 0 spiro atoms. The van der Waals surface area contributed by atoms with Gasteiger partial charge in [0.05, 0.1) is 18.2 Å². The van der Waals surface area contributed by atoms with E-state index in [1.54, 1.807) is 4.90 Å². The number of rotatable bonds is 3. The van der Waals surface area contributed by atoms with E-state index in [4.69, 9.17) is 9.79 Å². The first kappa shape index (κ1) is 12.9. The first-order valence-electron chi connectivity index (χ1n) is 5.50. The molecule has 96 valence electrons. The second-order valence-electron chi connectivity index (χ2n) is 4.38. The van der Waals surface area contributed by atoms with Crippen molar-refractivity contribution in [2.45, 2.75) is 18.5 Å². The summed E-state index contributed by atoms with van der Waals surface area (Å²) in [6.45, 7) is 1.37. The summed E-state index contributed by atoms with van der Waals surface area (Å²) in [6, 6.07) is -1.02. The van der Waals surface area contributed by atoms with E-state index in [9.17, 15) is 14.2 Å². The molecule has 1 heterocycles. The smallest absolute Gasteiger partial charge is 0.324 e. The number of carbonyl (C=O) groups excluding carboxylic acids is 2. The Morgan fingerprint density at radius 2 is 2.06 bits per heavy atom. The van der Waals surface area contributed by atoms with E-state index in [1.807, 2.05) is 0 Å². The molecule has 8 heteroatoms. The summed E-state index contributed by atoms with van der Waals surface area (Å²) in [6.07, 6.45) is 0.479. The molecule has 1 saturated carbocycles. The minimum absolute atomic E-state index is 0.145. The number of fused-ring (bicyclic) bond motifs is 1. The quantitative estimate of drug-likeness (QED) is 0.413. The Labute approximate surface area is 98.3 Å². The fraction of sp³-hybridized carbons (Fsp3) is 0.778. The normalized spacial score (nSPS) is 30.7. The molecule has 1 aliphatic carbocycles. The van der Waals surface area contributed by atoms with Gasteiger partial charge >= 0.3 is 7.60 Å². The molecule has 7 nitrogen and oxygen atoms in total. The highest BCUT2D eigenvalue weighted by atomic mass is 31.2. The van der Waals surface area contributed by atoms with Gasteiger partial charge in [0.25, 0.3) is 0 Å². The van der Waals surface area contributed by atoms with Crippen molar-refractivity contribution < 1.29 is 23.9 Å². The molecule has 17 heavy (non-hydrogen) atoms. The van der Waals surface area contributed by atoms with Crippen LogP contribution in [0, 0.1) is 0 Å². The summed E-state index contributed by atoms with van der Waals surface area (Å²) in [5.41, 5.74) is 0. The first-order valence-corrected chi connectivity index (χ1v) is 7.30. The van der Waals surface area contributed by atoms with Gasteiger partial charge in [-0.05, 0) is 13.0 Å². The van der Waals surface area contributed by atoms with E-state index in [-0.39, 0.29) is 12.7 Å². The summed E-state index contributed by atoms with van der Waals surface area (Å²) in [5.74, 6) is -0.867. The number of hydrogen-bond acceptors (Lipinski definition) is 5. The van der Waals surface area contributed by atoms with Gasteiger partial charge in [-0.1, -0.05) is 0 Å². The number of nitrogens with zero attached hydrogens (tertiary/aromatic N) is 1. The molecule has 0 radical (unpaired) electrons. The Morgan fingerprint density at radius 1 is 1.35 bits per heavy atom. The van der Waals surface area contributed by atoms with Crippen LogP contribution >= 0.6 is 7.60 Å². The molecule has 0 amide bonds. The van der Waals surface area contributed by atoms with Gasteiger partial charge in [-0.2, -0.15) is 0 Å². The fourth-order valence-electron chi connectivity index (χ4n) is 2.27. The lowest BCUT2D eigenvalue weighted by atomic mass is 9.82. The minimum Gasteiger partial charge on any atom is -0.324 e. The zero-order valence-corrected chi connectivity index (χ0v) is 10.1. The lowest BCUT2D eigenvalue weighted by molar-refractivity contribution is -0.150. The number of carbonyl (C=O) groups is 2. The van der Waals surface area contributed by atoms with Crippen LogP contribution in [0.3, 0.4) is 0 Å². The lowest BCUT2D eigenvalue weighted by Gasteiger charge is -2.39. The summed E-state index contributed by atoms with van der Waals surface area (Å²) >= 11 is 0. The molecule has 2 unspecified atom stereocenters. The van der Waals surface area contributed by atoms with Crippen LogP contribution in [-0.4, -0.2) is 64.1 Å². The van der Waals surface area contributed by atoms with Crippen LogP contribution in [0.2, 0.25) is 0 Å². The molecule has 0 aromatic carbocycles. The zero-order valence-electron chi connectivity index (χ0n) is 9.20. The molecule has 0 bridgehead atoms. The summed E-state index contributed by atoms with van der Waals surface area (Å²) in [7, 11) is -4.06. The van der Waals surface area contributed by atoms with E-state index in [0.29, 0.717) is 13.1 Å². The molecule has 2 aliphatic rings. The van der Waals surface area contributed by atoms with Crippen molar-refractivity contribution in [2.24, 2.45) is 0 Å². The van der Waals surface area contributed by atoms with Crippen LogP contribution in [-0.2, 0) is 14.2 Å². The highest BCUT2D eigenvalue weighted by molar-refractivity contribution is 7.51. The Bertz CT molecular complexity index is 393. The third-order valence-electron chi connectivity index (χ3n) is 3.17. The summed E-state index contributed by atoms with van der Waals surface area (Å²) in [5, 5.41) is 2.98. The van der Waals surface area contributed by atoms with Gasteiger partial charge in [-0.25, -0.2) is 0 Å². The van der Waals surface area contributed by atoms with Crippen LogP contribution in [0.25, 0.3) is 0 Å². The van der Waals surface area contributed by atoms with Crippen molar-refractivity contribution in [1.29, 1.82) is 0 Å². The Balaban J connectivity index is 2.03. The van der Waals surface area contributed by atoms with Crippen molar-refractivity contribution in [3.8, 4) is 0 Å². The molecule has 1 saturated heterocycles. The largest absolute Gasteiger partial charge is 0.326 e. The second-order valence-corrected chi connectivity index (χ2v) is 6.16. The number of ketones is 2. The van der Waals surface area contributed by atoms with E-state index >= 15 is 0 Å². The Morgan fingerprint density at radius 3 is 2.71 bits per heavy atom. The molecule has 2 rings (SSSR count). The SMILES string of the molecule is O=C1C(=O)C2C1NCCCN2CCP(=O)(O)O. The van der Waals surface area contributed by atoms with Gasteiger partial charge in [-0.3, -0.25) is 19.1 Å². The van der Waals surface area contributed by atoms with E-state index in [1.165, 1.54) is 0 Å². The van der Waals surface area contributed by atoms with Crippen molar-refractivity contribution in [2.75, 3.05) is 25.8 Å². The van der Waals surface area contributed by atoms with E-state index in [2.05, 4.69) is 5.32 Å². The van der Waals surface area contributed by atoms with Crippen LogP contribution < -0.4 is 5.32 Å². The van der Waals surface area contributed by atoms with Gasteiger partial charge in [0.1, 0.15) is 0 Å². The predicted octanol–water partition coefficient (Wildman–Crippen LogP) is -1.65. The van der Waals surface area contributed by atoms with Crippen LogP contribution in [0.1, 0.15) is 6.42 Å². The number of Topliss-reactive ketones (excluding diaryl/α,β-unsaturated/α-hetero) is 2. The van der Waals surface area contributed by atoms with Gasteiger partial charge in [0.2, 0.25) is 11.6 Å². The van der Waals surface area contributed by atoms with Crippen molar-refractivity contribution >= 4 is 19.2 Å². The maximum atomic E-state index is 11.5. The minimum atomic E-state index is -4.06. The monoisotopic (exact) mass is 262 g/mol. The molecule has 2 fully saturated rings. The average molecular weight is 262 g/mol. The van der Waals surface area contributed by atoms with Gasteiger partial charge in [0, 0.05) is 13.1 Å². The highest BCUT2D eigenvalue weighted by Crippen LogP contribution is 2.34. The second kappa shape index (κ2) is 4.59. The first-order chi connectivity index (χ1) is 7.90. The van der Waals surface area contributed by atoms with Crippen LogP contribution in [0.4, 0.5) is 0 Å². The zero-order chi connectivity index (χ0) is 12.6. The average Bonchev–Trinajstić information content (AvgIpc) is 2.44. The standard InChI is InChI=1S/C9H15N2O5P/c12-8-6-7(9(8)13)11(3-1-2-10-6)4-5-17(14,15)16/h6-7,10H,1-5H2,(H2,14,15,16). The van der Waals surface area contributed by atoms with Gasteiger partial charge < -0.3 is 15.1 Å². The Kier molecular flexibility index (Phi) is 3.47. The number of hydrogen-bond donors (Lipinski definition) is 3. The van der Waals surface area contributed by atoms with E-state index < -0.39 is 31.2 Å². The highest BCUT2D eigenvalue weighted by Gasteiger charge is 2.52. The topological polar surface area (TPSA) is 107 Å². The van der Waals surface area contributed by atoms with Gasteiger partial charge in [0.15, 0.2) is 0 Å². The summed E-state index contributed by atoms with van der Waals surface area (Å²) in [4.78, 5) is 42.1. The van der Waals surface area contributed by atoms with E-state index in [0.717, 1.165) is 6.42 Å². The van der Waals surface area contributed by atoms with Crippen molar-refractivity contribution in [3.05, 3.63) is 0 Å². The maximum Gasteiger partial charge on any atom is 0.326 e. The third kappa shape index (κ3) is 2.64. The lowest BCUT2D eigenvalue weighted by Crippen LogP contribution is -2.69. The van der Waals surface area contributed by atoms with Crippen molar-refractivity contribution in [1.82, 2.24) is 10.2 Å². The molecule has 1 aliphatic heterocycles. The third-order valence-corrected chi connectivity index (χ3v) is 3.95. The molecule has 3 N–H and O–H groups in total. The molecular formula is C9H15N2O5P. The predicted molar refractivity (Wildman–Crippen MR) is 58.7 cm³/mol. The Hall–Kier alpha value is -0.590. The van der Waals surface area contributed by atoms with Gasteiger partial charge in [-0.15, -0.1) is 0 Å². The molecular weight excluding hydrogens is 247 g/mol. The molecule has 2 atom stereocenters. The molecule has 0 aromatic heterocycles. The molecule has 0 aromatic rings. The summed E-state index contributed by atoms with van der Waals surface area (Å²) < 4.78 is 10.8. The fourth-order valence-corrected chi connectivity index (χ4v) is 2.78. The van der Waals surface area contributed by atoms with Crippen LogP contribution in [0.15, 0.2) is 0 Å². The number of nitrogens with one attached hydrogen (secondary N) is 1. The van der Waals surface area contributed by atoms with Crippen molar-refractivity contribution in [3.63, 3.8) is 0 Å².